The number of benzene rings is 3. The van der Waals surface area contributed by atoms with Gasteiger partial charge in [-0.1, -0.05) is 35.1 Å². The largest absolute Gasteiger partial charge is 0.497 e. The summed E-state index contributed by atoms with van der Waals surface area (Å²) in [5.41, 5.74) is 1.57. The summed E-state index contributed by atoms with van der Waals surface area (Å²) >= 11 is 7.49. The molecule has 9 heteroatoms. The number of rotatable bonds is 4. The number of carbonyl (C=O) groups is 1. The van der Waals surface area contributed by atoms with Gasteiger partial charge in [0, 0.05) is 10.6 Å². The van der Waals surface area contributed by atoms with Crippen molar-refractivity contribution in [2.75, 3.05) is 19.1 Å². The maximum Gasteiger partial charge on any atom is 0.297 e. The first-order valence-corrected chi connectivity index (χ1v) is 11.9. The molecule has 0 fully saturated rings. The number of hydrogen-bond acceptors (Lipinski definition) is 7. The molecule has 174 valence electrons. The zero-order chi connectivity index (χ0) is 24.3. The fourth-order valence-electron chi connectivity index (χ4n) is 4.45. The van der Waals surface area contributed by atoms with Crippen molar-refractivity contribution >= 4 is 55.2 Å². The van der Waals surface area contributed by atoms with Gasteiger partial charge in [0.05, 0.1) is 35.4 Å². The fraction of sp³-hybridized carbons (Fsp3) is 0.115. The third-order valence-electron chi connectivity index (χ3n) is 6.05. The van der Waals surface area contributed by atoms with Crippen LogP contribution in [0.15, 0.2) is 69.9 Å². The van der Waals surface area contributed by atoms with Gasteiger partial charge in [0.1, 0.15) is 23.1 Å². The molecule has 1 amide bonds. The van der Waals surface area contributed by atoms with Crippen LogP contribution in [0, 0.1) is 0 Å². The van der Waals surface area contributed by atoms with Crippen LogP contribution in [0.1, 0.15) is 27.7 Å². The zero-order valence-electron chi connectivity index (χ0n) is 18.6. The number of thiazole rings is 1. The van der Waals surface area contributed by atoms with Crippen LogP contribution in [0.3, 0.4) is 0 Å². The number of methoxy groups -OCH3 is 2. The van der Waals surface area contributed by atoms with Crippen molar-refractivity contribution in [3.05, 3.63) is 92.8 Å². The number of para-hydroxylation sites is 1. The second kappa shape index (κ2) is 8.11. The van der Waals surface area contributed by atoms with E-state index in [4.69, 9.17) is 30.5 Å². The van der Waals surface area contributed by atoms with E-state index in [2.05, 4.69) is 0 Å². The Bertz CT molecular complexity index is 1710. The lowest BCUT2D eigenvalue weighted by Crippen LogP contribution is -2.29. The van der Waals surface area contributed by atoms with Crippen molar-refractivity contribution in [2.24, 2.45) is 0 Å². The number of amides is 1. The Labute approximate surface area is 208 Å². The number of aromatic nitrogens is 1. The van der Waals surface area contributed by atoms with E-state index in [0.29, 0.717) is 43.7 Å². The summed E-state index contributed by atoms with van der Waals surface area (Å²) in [7, 11) is 3.09. The van der Waals surface area contributed by atoms with Gasteiger partial charge in [0.2, 0.25) is 5.76 Å². The van der Waals surface area contributed by atoms with Gasteiger partial charge >= 0.3 is 0 Å². The molecule has 1 atom stereocenters. The van der Waals surface area contributed by atoms with Crippen LogP contribution in [0.25, 0.3) is 21.2 Å². The van der Waals surface area contributed by atoms with Crippen LogP contribution in [-0.2, 0) is 0 Å². The third kappa shape index (κ3) is 3.29. The molecule has 35 heavy (non-hydrogen) atoms. The quantitative estimate of drug-likeness (QED) is 0.306. The molecule has 1 aliphatic heterocycles. The fourth-order valence-corrected chi connectivity index (χ4v) is 5.72. The Balaban J connectivity index is 1.67. The second-order valence-corrected chi connectivity index (χ2v) is 9.41. The van der Waals surface area contributed by atoms with Gasteiger partial charge in [-0.15, -0.1) is 0 Å². The van der Waals surface area contributed by atoms with Gasteiger partial charge in [-0.05, 0) is 48.5 Å². The first kappa shape index (κ1) is 21.6. The Morgan fingerprint density at radius 2 is 1.86 bits per heavy atom. The minimum absolute atomic E-state index is 0.0131. The number of fused-ring (bicyclic) bond motifs is 3. The van der Waals surface area contributed by atoms with Gasteiger partial charge in [0.25, 0.3) is 5.91 Å². The van der Waals surface area contributed by atoms with E-state index in [0.717, 1.165) is 4.70 Å². The Morgan fingerprint density at radius 1 is 1.03 bits per heavy atom. The molecular formula is C26H17ClN2O5S. The average Bonchev–Trinajstić information content (AvgIpc) is 3.41. The number of carbonyl (C=O) groups excluding carboxylic acids is 1. The van der Waals surface area contributed by atoms with Crippen molar-refractivity contribution in [3.8, 4) is 11.5 Å². The number of anilines is 1. The van der Waals surface area contributed by atoms with Crippen LogP contribution in [0.4, 0.5) is 5.13 Å². The second-order valence-electron chi connectivity index (χ2n) is 7.96. The first-order valence-electron chi connectivity index (χ1n) is 10.7. The van der Waals surface area contributed by atoms with Crippen molar-refractivity contribution in [2.45, 2.75) is 6.04 Å². The molecule has 0 saturated carbocycles. The number of nitrogens with zero attached hydrogens (tertiary/aromatic N) is 2. The Morgan fingerprint density at radius 3 is 2.66 bits per heavy atom. The molecule has 3 heterocycles. The molecule has 0 N–H and O–H groups in total. The molecule has 2 aromatic heterocycles. The van der Waals surface area contributed by atoms with Crippen molar-refractivity contribution in [1.82, 2.24) is 4.98 Å². The highest BCUT2D eigenvalue weighted by Gasteiger charge is 2.46. The number of ether oxygens (including phenoxy) is 2. The molecule has 1 aliphatic rings. The maximum atomic E-state index is 13.8. The third-order valence-corrected chi connectivity index (χ3v) is 7.31. The monoisotopic (exact) mass is 504 g/mol. The summed E-state index contributed by atoms with van der Waals surface area (Å²) < 4.78 is 17.9. The SMILES string of the molecule is COc1ccc(OC)c(C2c3c(oc4ccccc4c3=O)C(=O)N2c2nc3ccc(Cl)cc3s2)c1. The van der Waals surface area contributed by atoms with Gasteiger partial charge in [0.15, 0.2) is 10.6 Å². The molecule has 3 aromatic carbocycles. The predicted octanol–water partition coefficient (Wildman–Crippen LogP) is 5.82. The van der Waals surface area contributed by atoms with E-state index in [9.17, 15) is 9.59 Å². The summed E-state index contributed by atoms with van der Waals surface area (Å²) in [4.78, 5) is 33.8. The van der Waals surface area contributed by atoms with Crippen molar-refractivity contribution < 1.29 is 18.7 Å². The summed E-state index contributed by atoms with van der Waals surface area (Å²) in [5.74, 6) is 0.588. The minimum atomic E-state index is -0.834. The van der Waals surface area contributed by atoms with E-state index in [-0.39, 0.29) is 16.8 Å². The molecule has 0 radical (unpaired) electrons. The van der Waals surface area contributed by atoms with E-state index in [1.807, 2.05) is 0 Å². The summed E-state index contributed by atoms with van der Waals surface area (Å²) in [6.07, 6.45) is 0. The molecule has 0 aliphatic carbocycles. The molecule has 0 saturated heterocycles. The predicted molar refractivity (Wildman–Crippen MR) is 135 cm³/mol. The molecule has 7 nitrogen and oxygen atoms in total. The highest BCUT2D eigenvalue weighted by atomic mass is 35.5. The van der Waals surface area contributed by atoms with Crippen LogP contribution in [0.5, 0.6) is 11.5 Å². The highest BCUT2D eigenvalue weighted by molar-refractivity contribution is 7.22. The molecule has 5 aromatic rings. The van der Waals surface area contributed by atoms with E-state index in [1.54, 1.807) is 67.8 Å². The summed E-state index contributed by atoms with van der Waals surface area (Å²) in [6.45, 7) is 0. The number of hydrogen-bond donors (Lipinski definition) is 0. The van der Waals surface area contributed by atoms with Crippen LogP contribution >= 0.6 is 22.9 Å². The van der Waals surface area contributed by atoms with Gasteiger partial charge in [-0.3, -0.25) is 14.5 Å². The van der Waals surface area contributed by atoms with Crippen LogP contribution in [0.2, 0.25) is 5.02 Å². The molecule has 0 spiro atoms. The molecule has 1 unspecified atom stereocenters. The molecule has 6 rings (SSSR count). The Kier molecular flexibility index (Phi) is 5.01. The lowest BCUT2D eigenvalue weighted by atomic mass is 9.97. The normalized spacial score (nSPS) is 15.1. The lowest BCUT2D eigenvalue weighted by Gasteiger charge is -2.24. The van der Waals surface area contributed by atoms with Gasteiger partial charge in [-0.2, -0.15) is 0 Å². The summed E-state index contributed by atoms with van der Waals surface area (Å²) in [6, 6.07) is 16.7. The summed E-state index contributed by atoms with van der Waals surface area (Å²) in [5, 5.41) is 1.37. The van der Waals surface area contributed by atoms with Crippen LogP contribution in [-0.4, -0.2) is 25.1 Å². The maximum absolute atomic E-state index is 13.8. The minimum Gasteiger partial charge on any atom is -0.497 e. The molecule has 0 bridgehead atoms. The van der Waals surface area contributed by atoms with E-state index in [1.165, 1.54) is 23.3 Å². The van der Waals surface area contributed by atoms with E-state index >= 15 is 0 Å². The van der Waals surface area contributed by atoms with Gasteiger partial charge in [-0.25, -0.2) is 4.98 Å². The van der Waals surface area contributed by atoms with Crippen molar-refractivity contribution in [3.63, 3.8) is 0 Å². The van der Waals surface area contributed by atoms with E-state index < -0.39 is 11.9 Å². The first-order chi connectivity index (χ1) is 17.0. The topological polar surface area (TPSA) is 81.9 Å². The smallest absolute Gasteiger partial charge is 0.297 e. The lowest BCUT2D eigenvalue weighted by molar-refractivity contribution is 0.0971. The number of halogens is 1. The average molecular weight is 505 g/mol. The van der Waals surface area contributed by atoms with Crippen LogP contribution < -0.4 is 19.8 Å². The zero-order valence-corrected chi connectivity index (χ0v) is 20.1. The molecular weight excluding hydrogens is 488 g/mol. The standard InChI is InChI=1S/C26H17ClN2O5S/c1-32-14-8-10-18(33-2)16(12-14)22-21-23(30)15-5-3-4-6-19(15)34-24(21)25(31)29(22)26-28-17-9-7-13(27)11-20(17)35-26/h3-12,22H,1-2H3. The van der Waals surface area contributed by atoms with Crippen molar-refractivity contribution in [1.29, 1.82) is 0 Å². The Hall–Kier alpha value is -3.88. The highest BCUT2D eigenvalue weighted by Crippen LogP contribution is 2.46. The van der Waals surface area contributed by atoms with Gasteiger partial charge < -0.3 is 13.9 Å².